The van der Waals surface area contributed by atoms with Gasteiger partial charge in [0.25, 0.3) is 5.79 Å². The Morgan fingerprint density at radius 3 is 2.26 bits per heavy atom. The molecule has 0 radical (unpaired) electrons. The number of amides is 1. The van der Waals surface area contributed by atoms with Gasteiger partial charge in [-0.25, -0.2) is 4.79 Å². The number of carbonyl (C=O) groups excluding carboxylic acids is 1. The number of carbonyl (C=O) groups is 2. The third-order valence-electron chi connectivity index (χ3n) is 6.57. The Balaban J connectivity index is 2.24. The highest BCUT2D eigenvalue weighted by Gasteiger charge is 2.56. The number of aliphatic carboxylic acids is 1. The normalized spacial score (nSPS) is 37.2. The van der Waals surface area contributed by atoms with E-state index in [0.29, 0.717) is 6.04 Å². The zero-order valence-electron chi connectivity index (χ0n) is 22.0. The van der Waals surface area contributed by atoms with Crippen molar-refractivity contribution in [2.75, 3.05) is 26.4 Å². The van der Waals surface area contributed by atoms with Crippen LogP contribution in [0, 0.1) is 0 Å². The average molecular weight is 588 g/mol. The molecule has 0 aromatic rings. The fourth-order valence-corrected chi connectivity index (χ4v) is 4.89. The number of hydrogen-bond acceptors (Lipinski definition) is 14. The van der Waals surface area contributed by atoms with Gasteiger partial charge in [0.1, 0.15) is 49.3 Å². The van der Waals surface area contributed by atoms with Crippen molar-refractivity contribution in [3.05, 3.63) is 0 Å². The molecule has 0 aliphatic carbocycles. The van der Waals surface area contributed by atoms with Gasteiger partial charge >= 0.3 is 5.97 Å². The van der Waals surface area contributed by atoms with E-state index < -0.39 is 113 Å². The molecule has 11 atom stereocenters. The Morgan fingerprint density at radius 2 is 1.72 bits per heavy atom. The molecule has 2 aliphatic rings. The summed E-state index contributed by atoms with van der Waals surface area (Å²) in [7, 11) is -1.52. The summed E-state index contributed by atoms with van der Waals surface area (Å²) in [6.07, 6.45) is -16.3. The Labute approximate surface area is 225 Å². The zero-order valence-corrected chi connectivity index (χ0v) is 23.0. The summed E-state index contributed by atoms with van der Waals surface area (Å²) in [4.78, 5) is 24.0. The van der Waals surface area contributed by atoms with Gasteiger partial charge in [-0.3, -0.25) is 4.79 Å². The Bertz CT molecular complexity index is 815. The lowest BCUT2D eigenvalue weighted by atomic mass is 9.88. The number of nitrogens with one attached hydrogen (secondary N) is 1. The summed E-state index contributed by atoms with van der Waals surface area (Å²) in [5, 5.41) is 92.5. The molecule has 1 amide bonds. The van der Waals surface area contributed by atoms with Crippen molar-refractivity contribution in [2.24, 2.45) is 0 Å². The lowest BCUT2D eigenvalue weighted by Crippen LogP contribution is -2.68. The largest absolute Gasteiger partial charge is 0.477 e. The van der Waals surface area contributed by atoms with Crippen LogP contribution in [-0.2, 0) is 28.5 Å². The molecule has 0 bridgehead atoms. The summed E-state index contributed by atoms with van der Waals surface area (Å²) in [6, 6.07) is -0.834. The lowest BCUT2D eigenvalue weighted by Gasteiger charge is -2.47. The number of aliphatic hydroxyl groups is 8. The summed E-state index contributed by atoms with van der Waals surface area (Å²) >= 11 is 0. The summed E-state index contributed by atoms with van der Waals surface area (Å²) in [5.41, 5.74) is 0. The van der Waals surface area contributed by atoms with Crippen molar-refractivity contribution in [3.8, 4) is 0 Å². The van der Waals surface area contributed by atoms with Gasteiger partial charge in [-0.1, -0.05) is 19.6 Å². The molecule has 228 valence electrons. The predicted molar refractivity (Wildman–Crippen MR) is 131 cm³/mol. The molecule has 0 aromatic heterocycles. The second kappa shape index (κ2) is 14.0. The van der Waals surface area contributed by atoms with Crippen molar-refractivity contribution in [1.29, 1.82) is 0 Å². The second-order valence-corrected chi connectivity index (χ2v) is 16.5. The van der Waals surface area contributed by atoms with Gasteiger partial charge in [0, 0.05) is 21.1 Å². The number of hydrogen-bond donors (Lipinski definition) is 10. The molecular weight excluding hydrogens is 546 g/mol. The highest BCUT2D eigenvalue weighted by molar-refractivity contribution is 6.76. The Morgan fingerprint density at radius 1 is 1.08 bits per heavy atom. The van der Waals surface area contributed by atoms with E-state index in [1.807, 2.05) is 0 Å². The average Bonchev–Trinajstić information content (AvgIpc) is 2.87. The van der Waals surface area contributed by atoms with Crippen molar-refractivity contribution in [2.45, 2.75) is 99.1 Å². The van der Waals surface area contributed by atoms with Crippen molar-refractivity contribution < 1.29 is 74.5 Å². The van der Waals surface area contributed by atoms with E-state index in [4.69, 9.17) is 24.1 Å². The smallest absolute Gasteiger partial charge is 0.364 e. The standard InChI is InChI=1S/C22H41NO15Si/c1-39(2,3)5-4-35-20-18(32)17(31)16(30)12(37-20)9-36-22(21(33)34)6-10(26)14(23-13(28)8-25)19(38-22)15(29)11(27)7-24/h10-12,14-20,24-27,29-32H,4-9H2,1-3H3,(H,23,28)(H,33,34)/t10-,11+,12+,14-,15+,16-,17-,18+,19+,20+,22+/m0/s1. The van der Waals surface area contributed by atoms with Gasteiger partial charge in [-0.15, -0.1) is 0 Å². The van der Waals surface area contributed by atoms with Crippen LogP contribution < -0.4 is 5.32 Å². The first-order valence-corrected chi connectivity index (χ1v) is 16.2. The van der Waals surface area contributed by atoms with Crippen molar-refractivity contribution in [3.63, 3.8) is 0 Å². The van der Waals surface area contributed by atoms with Crippen LogP contribution in [0.2, 0.25) is 25.7 Å². The summed E-state index contributed by atoms with van der Waals surface area (Å²) in [6.45, 7) is 3.71. The number of aliphatic hydroxyl groups excluding tert-OH is 8. The topological polar surface area (TPSA) is 265 Å². The van der Waals surface area contributed by atoms with E-state index in [0.717, 1.165) is 0 Å². The maximum Gasteiger partial charge on any atom is 0.364 e. The van der Waals surface area contributed by atoms with E-state index >= 15 is 0 Å². The van der Waals surface area contributed by atoms with Gasteiger partial charge < -0.3 is 70.2 Å². The molecule has 0 saturated carbocycles. The molecule has 2 rings (SSSR count). The Kier molecular flexibility index (Phi) is 12.2. The molecule has 2 aliphatic heterocycles. The van der Waals surface area contributed by atoms with Crippen LogP contribution in [0.3, 0.4) is 0 Å². The van der Waals surface area contributed by atoms with E-state index in [1.54, 1.807) is 0 Å². The predicted octanol–water partition coefficient (Wildman–Crippen LogP) is -4.71. The number of carboxylic acids is 1. The van der Waals surface area contributed by atoms with Crippen LogP contribution in [0.25, 0.3) is 0 Å². The molecule has 0 aromatic carbocycles. The SMILES string of the molecule is C[Si](C)(C)CCO[C@@H]1O[C@H](CO[C@]2(C(=O)O)C[C@H](O)[C@H](NC(=O)CO)[C@H]([C@H](O)[C@H](O)CO)O2)[C@H](O)[C@H](O)[C@H]1O. The fraction of sp³-hybridized carbons (Fsp3) is 0.909. The third-order valence-corrected chi connectivity index (χ3v) is 8.28. The maximum atomic E-state index is 12.3. The first-order valence-electron chi connectivity index (χ1n) is 12.5. The second-order valence-electron chi connectivity index (χ2n) is 10.9. The van der Waals surface area contributed by atoms with Crippen molar-refractivity contribution in [1.82, 2.24) is 5.32 Å². The molecule has 17 heteroatoms. The molecule has 2 saturated heterocycles. The molecule has 10 N–H and O–H groups in total. The summed E-state index contributed by atoms with van der Waals surface area (Å²) < 4.78 is 22.0. The molecule has 16 nitrogen and oxygen atoms in total. The van der Waals surface area contributed by atoms with Gasteiger partial charge in [0.05, 0.1) is 25.4 Å². The van der Waals surface area contributed by atoms with Crippen LogP contribution in [0.1, 0.15) is 6.42 Å². The molecule has 39 heavy (non-hydrogen) atoms. The van der Waals surface area contributed by atoms with Crippen molar-refractivity contribution >= 4 is 20.0 Å². The zero-order chi connectivity index (χ0) is 29.7. The lowest BCUT2D eigenvalue weighted by molar-refractivity contribution is -0.338. The van der Waals surface area contributed by atoms with E-state index in [2.05, 4.69) is 25.0 Å². The first kappa shape index (κ1) is 33.9. The van der Waals surface area contributed by atoms with Crippen LogP contribution in [-0.4, -0.2) is 159 Å². The van der Waals surface area contributed by atoms with Crippen LogP contribution >= 0.6 is 0 Å². The summed E-state index contributed by atoms with van der Waals surface area (Å²) in [5.74, 6) is -5.52. The minimum absolute atomic E-state index is 0.190. The molecule has 0 unspecified atom stereocenters. The number of rotatable bonds is 13. The Hall–Kier alpha value is -1.32. The van der Waals surface area contributed by atoms with Crippen LogP contribution in [0.4, 0.5) is 0 Å². The van der Waals surface area contributed by atoms with Gasteiger partial charge in [-0.2, -0.15) is 0 Å². The highest BCUT2D eigenvalue weighted by Crippen LogP contribution is 2.34. The molecular formula is C22H41NO15Si. The number of ether oxygens (including phenoxy) is 4. The third kappa shape index (κ3) is 8.58. The van der Waals surface area contributed by atoms with Gasteiger partial charge in [0.2, 0.25) is 5.91 Å². The monoisotopic (exact) mass is 587 g/mol. The first-order chi connectivity index (χ1) is 18.1. The van der Waals surface area contributed by atoms with E-state index in [-0.39, 0.29) is 6.61 Å². The van der Waals surface area contributed by atoms with Crippen LogP contribution in [0.15, 0.2) is 0 Å². The maximum absolute atomic E-state index is 12.3. The molecule has 2 heterocycles. The van der Waals surface area contributed by atoms with E-state index in [1.165, 1.54) is 0 Å². The van der Waals surface area contributed by atoms with E-state index in [9.17, 15) is 50.4 Å². The quantitative estimate of drug-likeness (QED) is 0.0907. The minimum Gasteiger partial charge on any atom is -0.477 e. The van der Waals surface area contributed by atoms with Gasteiger partial charge in [0.15, 0.2) is 6.29 Å². The highest BCUT2D eigenvalue weighted by atomic mass is 28.3. The molecule has 0 spiro atoms. The molecule has 2 fully saturated rings. The van der Waals surface area contributed by atoms with Gasteiger partial charge in [-0.05, 0) is 6.04 Å². The number of carboxylic acid groups (broad SMARTS) is 1. The fourth-order valence-electron chi connectivity index (χ4n) is 4.16. The van der Waals surface area contributed by atoms with Crippen LogP contribution in [0.5, 0.6) is 0 Å². The minimum atomic E-state index is -2.72.